The van der Waals surface area contributed by atoms with Crippen LogP contribution in [0.1, 0.15) is 38.4 Å². The van der Waals surface area contributed by atoms with Gasteiger partial charge in [-0.15, -0.1) is 11.3 Å². The Balaban J connectivity index is 2.45. The van der Waals surface area contributed by atoms with Gasteiger partial charge in [-0.25, -0.2) is 9.78 Å². The number of carbonyl (C=O) groups is 1. The van der Waals surface area contributed by atoms with Gasteiger partial charge in [0.1, 0.15) is 10.6 Å². The molecule has 0 spiro atoms. The molecule has 0 atom stereocenters. The third-order valence-corrected chi connectivity index (χ3v) is 4.03. The Kier molecular flexibility index (Phi) is 8.32. The number of nitrogens with zero attached hydrogens (tertiary/aromatic N) is 3. The van der Waals surface area contributed by atoms with Crippen LogP contribution in [0.5, 0.6) is 0 Å². The fourth-order valence-electron chi connectivity index (χ4n) is 1.92. The van der Waals surface area contributed by atoms with Gasteiger partial charge < -0.3 is 20.3 Å². The van der Waals surface area contributed by atoms with Crippen LogP contribution in [-0.4, -0.2) is 54.2 Å². The van der Waals surface area contributed by atoms with Crippen molar-refractivity contribution >= 4 is 23.4 Å². The molecule has 2 N–H and O–H groups in total. The van der Waals surface area contributed by atoms with Crippen molar-refractivity contribution in [1.29, 1.82) is 0 Å². The van der Waals surface area contributed by atoms with Gasteiger partial charge in [-0.1, -0.05) is 0 Å². The highest BCUT2D eigenvalue weighted by molar-refractivity contribution is 7.09. The Hall–Kier alpha value is -2.04. The number of alkyl halides is 3. The Morgan fingerprint density at radius 2 is 2.00 bits per heavy atom. The SMILES string of the molecule is CCN(CCNC(=NC)NCc1nc(C(F)(F)F)cs1)C(=O)OC(C)(C)C. The molecule has 1 amide bonds. The highest BCUT2D eigenvalue weighted by Crippen LogP contribution is 2.29. The number of halogens is 3. The minimum atomic E-state index is -4.44. The minimum Gasteiger partial charge on any atom is -0.444 e. The maximum atomic E-state index is 12.6. The molecule has 0 saturated carbocycles. The molecule has 11 heteroatoms. The average Bonchev–Trinajstić information content (AvgIpc) is 3.01. The quantitative estimate of drug-likeness (QED) is 0.558. The molecule has 1 aromatic heterocycles. The summed E-state index contributed by atoms with van der Waals surface area (Å²) in [6, 6.07) is 0. The lowest BCUT2D eigenvalue weighted by atomic mass is 10.2. The lowest BCUT2D eigenvalue weighted by molar-refractivity contribution is -0.140. The number of hydrogen-bond donors (Lipinski definition) is 2. The molecule has 27 heavy (non-hydrogen) atoms. The van der Waals surface area contributed by atoms with Crippen LogP contribution in [0.2, 0.25) is 0 Å². The highest BCUT2D eigenvalue weighted by atomic mass is 32.1. The number of amides is 1. The first-order valence-electron chi connectivity index (χ1n) is 8.40. The van der Waals surface area contributed by atoms with Crippen molar-refractivity contribution in [3.63, 3.8) is 0 Å². The maximum absolute atomic E-state index is 12.6. The monoisotopic (exact) mass is 409 g/mol. The number of aromatic nitrogens is 1. The zero-order chi connectivity index (χ0) is 20.7. The summed E-state index contributed by atoms with van der Waals surface area (Å²) < 4.78 is 43.0. The number of aliphatic imine (C=N–C) groups is 1. The molecule has 0 saturated heterocycles. The molecule has 154 valence electrons. The Bertz CT molecular complexity index is 641. The number of likely N-dealkylation sites (N-methyl/N-ethyl adjacent to an activating group) is 1. The van der Waals surface area contributed by atoms with Crippen molar-refractivity contribution in [1.82, 2.24) is 20.5 Å². The van der Waals surface area contributed by atoms with E-state index in [9.17, 15) is 18.0 Å². The zero-order valence-electron chi connectivity index (χ0n) is 16.1. The summed E-state index contributed by atoms with van der Waals surface area (Å²) in [7, 11) is 1.55. The summed E-state index contributed by atoms with van der Waals surface area (Å²) in [4.78, 5) is 21.1. The summed E-state index contributed by atoms with van der Waals surface area (Å²) in [5.41, 5.74) is -1.47. The second-order valence-corrected chi connectivity index (χ2v) is 7.48. The number of ether oxygens (including phenoxy) is 1. The largest absolute Gasteiger partial charge is 0.444 e. The molecule has 1 aromatic rings. The number of carbonyl (C=O) groups excluding carboxylic acids is 1. The molecule has 0 aliphatic carbocycles. The van der Waals surface area contributed by atoms with E-state index < -0.39 is 23.6 Å². The molecule has 0 unspecified atom stereocenters. The van der Waals surface area contributed by atoms with Gasteiger partial charge in [-0.05, 0) is 27.7 Å². The van der Waals surface area contributed by atoms with E-state index in [0.717, 1.165) is 16.7 Å². The van der Waals surface area contributed by atoms with E-state index >= 15 is 0 Å². The number of hydrogen-bond acceptors (Lipinski definition) is 5. The summed E-state index contributed by atoms with van der Waals surface area (Å²) in [5.74, 6) is 0.402. The van der Waals surface area contributed by atoms with Crippen molar-refractivity contribution < 1.29 is 22.7 Å². The lowest BCUT2D eigenvalue weighted by Gasteiger charge is -2.26. The Morgan fingerprint density at radius 3 is 2.48 bits per heavy atom. The molecule has 7 nitrogen and oxygen atoms in total. The van der Waals surface area contributed by atoms with E-state index in [2.05, 4.69) is 20.6 Å². The Morgan fingerprint density at radius 1 is 1.33 bits per heavy atom. The van der Waals surface area contributed by atoms with E-state index in [0.29, 0.717) is 30.6 Å². The topological polar surface area (TPSA) is 78.9 Å². The van der Waals surface area contributed by atoms with Crippen molar-refractivity contribution in [2.45, 2.75) is 46.0 Å². The van der Waals surface area contributed by atoms with E-state index in [1.165, 1.54) is 0 Å². The van der Waals surface area contributed by atoms with Crippen LogP contribution < -0.4 is 10.6 Å². The van der Waals surface area contributed by atoms with Crippen LogP contribution in [0.25, 0.3) is 0 Å². The maximum Gasteiger partial charge on any atom is 0.434 e. The van der Waals surface area contributed by atoms with Gasteiger partial charge in [0.05, 0.1) is 6.54 Å². The van der Waals surface area contributed by atoms with E-state index in [1.54, 1.807) is 32.7 Å². The number of nitrogens with one attached hydrogen (secondary N) is 2. The van der Waals surface area contributed by atoms with Gasteiger partial charge in [0.2, 0.25) is 0 Å². The third-order valence-electron chi connectivity index (χ3n) is 3.18. The molecule has 0 aliphatic heterocycles. The second-order valence-electron chi connectivity index (χ2n) is 6.54. The van der Waals surface area contributed by atoms with Crippen LogP contribution in [-0.2, 0) is 17.5 Å². The Labute approximate surface area is 161 Å². The summed E-state index contributed by atoms with van der Waals surface area (Å²) in [5, 5.41) is 7.18. The van der Waals surface area contributed by atoms with Crippen molar-refractivity contribution in [3.8, 4) is 0 Å². The van der Waals surface area contributed by atoms with Gasteiger partial charge in [-0.2, -0.15) is 13.2 Å². The van der Waals surface area contributed by atoms with Gasteiger partial charge in [0, 0.05) is 32.1 Å². The first kappa shape index (κ1) is 23.0. The minimum absolute atomic E-state index is 0.115. The molecule has 0 radical (unpaired) electrons. The summed E-state index contributed by atoms with van der Waals surface area (Å²) in [6.07, 6.45) is -4.85. The van der Waals surface area contributed by atoms with Crippen molar-refractivity contribution in [2.24, 2.45) is 4.99 Å². The molecule has 0 aliphatic rings. The fraction of sp³-hybridized carbons (Fsp3) is 0.688. The third kappa shape index (κ3) is 8.46. The van der Waals surface area contributed by atoms with Gasteiger partial charge >= 0.3 is 12.3 Å². The fourth-order valence-corrected chi connectivity index (χ4v) is 2.66. The predicted octanol–water partition coefficient (Wildman–Crippen LogP) is 3.08. The van der Waals surface area contributed by atoms with Gasteiger partial charge in [0.15, 0.2) is 11.7 Å². The smallest absolute Gasteiger partial charge is 0.434 e. The molecular weight excluding hydrogens is 383 g/mol. The van der Waals surface area contributed by atoms with E-state index in [4.69, 9.17) is 4.74 Å². The van der Waals surface area contributed by atoms with Gasteiger partial charge in [-0.3, -0.25) is 4.99 Å². The average molecular weight is 409 g/mol. The second kappa shape index (κ2) is 9.77. The zero-order valence-corrected chi connectivity index (χ0v) is 16.9. The van der Waals surface area contributed by atoms with Crippen molar-refractivity contribution in [3.05, 3.63) is 16.1 Å². The van der Waals surface area contributed by atoms with Crippen molar-refractivity contribution in [2.75, 3.05) is 26.7 Å². The van der Waals surface area contributed by atoms with Crippen LogP contribution in [0.4, 0.5) is 18.0 Å². The van der Waals surface area contributed by atoms with Gasteiger partial charge in [0.25, 0.3) is 0 Å². The van der Waals surface area contributed by atoms with E-state index in [1.807, 2.05) is 6.92 Å². The standard InChI is InChI=1S/C16H26F3N5O2S/c1-6-24(14(25)26-15(2,3)4)8-7-21-13(20-5)22-9-12-23-11(10-27-12)16(17,18)19/h10H,6-9H2,1-5H3,(H2,20,21,22). The summed E-state index contributed by atoms with van der Waals surface area (Å²) >= 11 is 0.925. The lowest BCUT2D eigenvalue weighted by Crippen LogP contribution is -2.44. The molecular formula is C16H26F3N5O2S. The molecule has 1 rings (SSSR count). The number of thiazole rings is 1. The molecule has 1 heterocycles. The molecule has 0 aromatic carbocycles. The van der Waals surface area contributed by atoms with Crippen LogP contribution in [0.15, 0.2) is 10.4 Å². The van der Waals surface area contributed by atoms with E-state index in [-0.39, 0.29) is 6.54 Å². The van der Waals surface area contributed by atoms with Crippen LogP contribution in [0, 0.1) is 0 Å². The molecule has 0 bridgehead atoms. The summed E-state index contributed by atoms with van der Waals surface area (Å²) in [6.45, 7) is 8.63. The highest BCUT2D eigenvalue weighted by Gasteiger charge is 2.33. The number of guanidine groups is 1. The first-order chi connectivity index (χ1) is 12.5. The number of rotatable bonds is 6. The first-order valence-corrected chi connectivity index (χ1v) is 9.28. The predicted molar refractivity (Wildman–Crippen MR) is 98.8 cm³/mol. The van der Waals surface area contributed by atoms with Crippen LogP contribution >= 0.6 is 11.3 Å². The molecule has 0 fully saturated rings. The normalized spacial score (nSPS) is 12.7. The van der Waals surface area contributed by atoms with Crippen LogP contribution in [0.3, 0.4) is 0 Å².